The molecule has 5 aromatic carbocycles. The largest absolute Gasteiger partial charge is 0.489 e. The molecule has 4 aliphatic heterocycles. The Balaban J connectivity index is 1.03. The van der Waals surface area contributed by atoms with Crippen molar-refractivity contribution in [3.05, 3.63) is 173 Å². The zero-order valence-electron chi connectivity index (χ0n) is 42.7. The molecule has 0 saturated carbocycles. The van der Waals surface area contributed by atoms with Gasteiger partial charge < -0.3 is 51.4 Å². The number of nitrogens with one attached hydrogen (secondary N) is 7. The van der Waals surface area contributed by atoms with Gasteiger partial charge in [-0.15, -0.1) is 0 Å². The monoisotopic (exact) mass is 1030 g/mol. The number of piperazine rings is 1. The smallest absolute Gasteiger partial charge is 0.246 e. The molecule has 0 radical (unpaired) electrons. The minimum Gasteiger partial charge on any atom is -0.489 e. The molecule has 4 aliphatic rings. The summed E-state index contributed by atoms with van der Waals surface area (Å²) in [6.45, 7) is 2.61. The average molecular weight is 1030 g/mol. The number of amides is 6. The molecule has 7 N–H and O–H groups in total. The third-order valence-corrected chi connectivity index (χ3v) is 15.5. The van der Waals surface area contributed by atoms with Crippen molar-refractivity contribution in [2.75, 3.05) is 32.7 Å². The summed E-state index contributed by atoms with van der Waals surface area (Å²) >= 11 is 0. The standard InChI is InChI=1S/C60H67N9O7/c70-55-49(24-21-39-11-3-1-4-12-39)64-58(73)54-36-62-29-30-68(54)60(75)53-34-43-15-7-8-16-44(43)37-69(53)59(74)52(32-40-19-22-46(23-20-40)76-38-42-13-5-2-6-14-42)67-56(71)50(31-41-25-27-61-28-26-41)65-57(72)51(66-55)33-45-35-63-48-18-10-9-17-47(45)48/h1-20,22-23,35,41,49-54,61-63H,21,24-34,36-38H2,(H,64,73)(H,65,72)(H,66,70)(H,67,71)/t49-,50?,51+,52-,53-,54-/m0/s1. The highest BCUT2D eigenvalue weighted by atomic mass is 16.5. The molecule has 0 bridgehead atoms. The fourth-order valence-electron chi connectivity index (χ4n) is 11.2. The Morgan fingerprint density at radius 1 is 0.526 bits per heavy atom. The maximum absolute atomic E-state index is 15.7. The van der Waals surface area contributed by atoms with Gasteiger partial charge in [-0.25, -0.2) is 0 Å². The maximum Gasteiger partial charge on any atom is 0.246 e. The quantitative estimate of drug-likeness (QED) is 0.0935. The van der Waals surface area contributed by atoms with Crippen LogP contribution in [0.5, 0.6) is 5.75 Å². The second-order valence-corrected chi connectivity index (χ2v) is 20.6. The maximum atomic E-state index is 15.7. The molecule has 5 heterocycles. The molecular formula is C60H67N9O7. The minimum atomic E-state index is -1.20. The van der Waals surface area contributed by atoms with Crippen molar-refractivity contribution in [3.8, 4) is 5.75 Å². The number of hydrogen-bond donors (Lipinski definition) is 7. The van der Waals surface area contributed by atoms with E-state index in [2.05, 4.69) is 36.9 Å². The van der Waals surface area contributed by atoms with E-state index < -0.39 is 71.7 Å². The van der Waals surface area contributed by atoms with Crippen molar-refractivity contribution in [2.24, 2.45) is 5.92 Å². The van der Waals surface area contributed by atoms with Crippen molar-refractivity contribution >= 4 is 46.3 Å². The lowest BCUT2D eigenvalue weighted by Crippen LogP contribution is -2.66. The van der Waals surface area contributed by atoms with Crippen LogP contribution in [0, 0.1) is 5.92 Å². The molecule has 3 fully saturated rings. The number of fused-ring (bicyclic) bond motifs is 4. The Bertz CT molecular complexity index is 3000. The number of ether oxygens (including phenoxy) is 1. The van der Waals surface area contributed by atoms with Gasteiger partial charge in [0.05, 0.1) is 0 Å². The molecule has 16 nitrogen and oxygen atoms in total. The van der Waals surface area contributed by atoms with E-state index in [1.165, 1.54) is 4.90 Å². The summed E-state index contributed by atoms with van der Waals surface area (Å²) in [5, 5.41) is 19.8. The number of benzene rings is 5. The number of rotatable bonds is 12. The number of carbonyl (C=O) groups is 6. The van der Waals surface area contributed by atoms with Crippen LogP contribution in [0.2, 0.25) is 0 Å². The van der Waals surface area contributed by atoms with Crippen LogP contribution in [0.15, 0.2) is 140 Å². The number of aromatic amines is 1. The Hall–Kier alpha value is -7.82. The summed E-state index contributed by atoms with van der Waals surface area (Å²) in [7, 11) is 0. The van der Waals surface area contributed by atoms with Crippen LogP contribution in [0.4, 0.5) is 0 Å². The number of H-pyrrole nitrogens is 1. The Morgan fingerprint density at radius 3 is 1.95 bits per heavy atom. The zero-order valence-corrected chi connectivity index (χ0v) is 42.7. The van der Waals surface area contributed by atoms with Gasteiger partial charge >= 0.3 is 0 Å². The van der Waals surface area contributed by atoms with E-state index in [1.807, 2.05) is 140 Å². The van der Waals surface area contributed by atoms with E-state index >= 15 is 19.2 Å². The first-order valence-electron chi connectivity index (χ1n) is 26.8. The van der Waals surface area contributed by atoms with E-state index in [1.54, 1.807) is 4.90 Å². The van der Waals surface area contributed by atoms with Crippen molar-refractivity contribution in [3.63, 3.8) is 0 Å². The molecule has 6 amide bonds. The average Bonchev–Trinajstić information content (AvgIpc) is 3.89. The van der Waals surface area contributed by atoms with E-state index in [4.69, 9.17) is 4.74 Å². The van der Waals surface area contributed by atoms with Gasteiger partial charge in [-0.05, 0) is 103 Å². The fraction of sp³-hybridized carbons (Fsp3) is 0.367. The van der Waals surface area contributed by atoms with Crippen molar-refractivity contribution < 1.29 is 33.5 Å². The van der Waals surface area contributed by atoms with Crippen LogP contribution >= 0.6 is 0 Å². The third-order valence-electron chi connectivity index (χ3n) is 15.5. The lowest BCUT2D eigenvalue weighted by Gasteiger charge is -2.43. The summed E-state index contributed by atoms with van der Waals surface area (Å²) in [5.41, 5.74) is 6.08. The SMILES string of the molecule is O=C1N[C@@H](Cc2ccc(OCc3ccccc3)cc2)C(=O)N2Cc3ccccc3C[C@H]2C(=O)N2CCNC[C@H]2C(=O)N[C@@H](CCc2ccccc2)C(=O)N[C@H](Cc2c[nH]c3ccccc23)C(=O)NC1CC1CCNCC1. The summed E-state index contributed by atoms with van der Waals surface area (Å²) < 4.78 is 6.10. The first-order chi connectivity index (χ1) is 37.1. The molecule has 6 aromatic rings. The van der Waals surface area contributed by atoms with Crippen LogP contribution in [-0.2, 0) is 67.6 Å². The van der Waals surface area contributed by atoms with E-state index in [0.29, 0.717) is 25.3 Å². The van der Waals surface area contributed by atoms with Gasteiger partial charge in [0.1, 0.15) is 48.6 Å². The van der Waals surface area contributed by atoms with Crippen LogP contribution in [0.25, 0.3) is 10.9 Å². The van der Waals surface area contributed by atoms with Crippen LogP contribution < -0.4 is 36.6 Å². The molecule has 0 spiro atoms. The van der Waals surface area contributed by atoms with Crippen molar-refractivity contribution in [1.29, 1.82) is 0 Å². The number of carbonyl (C=O) groups excluding carboxylic acids is 6. The van der Waals surface area contributed by atoms with E-state index in [-0.39, 0.29) is 57.7 Å². The molecule has 394 valence electrons. The predicted molar refractivity (Wildman–Crippen MR) is 288 cm³/mol. The number of nitrogens with zero attached hydrogens (tertiary/aromatic N) is 2. The summed E-state index contributed by atoms with van der Waals surface area (Å²) in [4.78, 5) is 97.6. The van der Waals surface area contributed by atoms with Crippen LogP contribution in [0.1, 0.15) is 59.1 Å². The van der Waals surface area contributed by atoms with Gasteiger partial charge in [-0.3, -0.25) is 28.8 Å². The number of para-hydroxylation sites is 1. The van der Waals surface area contributed by atoms with Gasteiger partial charge in [-0.1, -0.05) is 115 Å². The number of aryl methyl sites for hydroxylation is 1. The second-order valence-electron chi connectivity index (χ2n) is 20.6. The number of piperidine rings is 1. The normalized spacial score (nSPS) is 23.2. The molecule has 3 saturated heterocycles. The fourth-order valence-corrected chi connectivity index (χ4v) is 11.2. The van der Waals surface area contributed by atoms with E-state index in [0.717, 1.165) is 70.2 Å². The Labute approximate surface area is 443 Å². The molecule has 76 heavy (non-hydrogen) atoms. The lowest BCUT2D eigenvalue weighted by atomic mass is 9.89. The second kappa shape index (κ2) is 24.2. The molecule has 6 atom stereocenters. The minimum absolute atomic E-state index is 0.0545. The van der Waals surface area contributed by atoms with Gasteiger partial charge in [0.2, 0.25) is 35.4 Å². The molecule has 1 aromatic heterocycles. The molecule has 10 rings (SSSR count). The number of aromatic nitrogens is 1. The first-order valence-corrected chi connectivity index (χ1v) is 26.8. The van der Waals surface area contributed by atoms with Gasteiger partial charge in [0.15, 0.2) is 0 Å². The van der Waals surface area contributed by atoms with Gasteiger partial charge in [0, 0.05) is 62.5 Å². The lowest BCUT2D eigenvalue weighted by molar-refractivity contribution is -0.153. The molecule has 0 aliphatic carbocycles. The highest BCUT2D eigenvalue weighted by Crippen LogP contribution is 2.28. The zero-order chi connectivity index (χ0) is 52.4. The summed E-state index contributed by atoms with van der Waals surface area (Å²) in [6.07, 6.45) is 4.53. The van der Waals surface area contributed by atoms with Crippen molar-refractivity contribution in [1.82, 2.24) is 46.7 Å². The molecule has 1 unspecified atom stereocenters. The highest BCUT2D eigenvalue weighted by molar-refractivity contribution is 5.99. The van der Waals surface area contributed by atoms with E-state index in [9.17, 15) is 9.59 Å². The van der Waals surface area contributed by atoms with Gasteiger partial charge in [0.25, 0.3) is 0 Å². The number of hydrogen-bond acceptors (Lipinski definition) is 9. The summed E-state index contributed by atoms with van der Waals surface area (Å²) in [6, 6.07) is 35.5. The molecule has 16 heteroatoms. The van der Waals surface area contributed by atoms with Crippen LogP contribution in [-0.4, -0.2) is 119 Å². The van der Waals surface area contributed by atoms with Gasteiger partial charge in [-0.2, -0.15) is 0 Å². The van der Waals surface area contributed by atoms with Crippen LogP contribution in [0.3, 0.4) is 0 Å². The third kappa shape index (κ3) is 12.5. The highest BCUT2D eigenvalue weighted by Gasteiger charge is 2.44. The topological polar surface area (TPSA) is 206 Å². The Kier molecular flexibility index (Phi) is 16.5. The van der Waals surface area contributed by atoms with Crippen molar-refractivity contribution in [2.45, 2.75) is 101 Å². The first kappa shape index (κ1) is 51.7. The predicted octanol–water partition coefficient (Wildman–Crippen LogP) is 4.26. The summed E-state index contributed by atoms with van der Waals surface area (Å²) in [5.74, 6) is -2.45. The Morgan fingerprint density at radius 2 is 1.17 bits per heavy atom. The molecular weight excluding hydrogens is 959 g/mol.